The first kappa shape index (κ1) is 12.5. The van der Waals surface area contributed by atoms with Crippen LogP contribution in [0.5, 0.6) is 0 Å². The van der Waals surface area contributed by atoms with Gasteiger partial charge in [-0.1, -0.05) is 0 Å². The van der Waals surface area contributed by atoms with Gasteiger partial charge in [-0.05, 0) is 34.1 Å². The fraction of sp³-hybridized carbons (Fsp3) is 0. The molecule has 1 aromatic carbocycles. The molecule has 1 heterocycles. The van der Waals surface area contributed by atoms with Crippen molar-refractivity contribution in [1.29, 1.82) is 5.26 Å². The largest absolute Gasteiger partial charge is 0.337 e. The number of rotatable bonds is 2. The van der Waals surface area contributed by atoms with Crippen LogP contribution in [0.25, 0.3) is 0 Å². The molecule has 2 aromatic rings. The lowest BCUT2D eigenvalue weighted by Gasteiger charge is -2.09. The zero-order valence-electron chi connectivity index (χ0n) is 8.92. The molecule has 3 nitrogen and oxygen atoms in total. The van der Waals surface area contributed by atoms with E-state index in [9.17, 15) is 8.78 Å². The van der Waals surface area contributed by atoms with Crippen LogP contribution in [0, 0.1) is 23.0 Å². The Morgan fingerprint density at radius 2 is 2.06 bits per heavy atom. The summed E-state index contributed by atoms with van der Waals surface area (Å²) in [5, 5.41) is 11.3. The average molecular weight is 310 g/mol. The van der Waals surface area contributed by atoms with Gasteiger partial charge in [0.25, 0.3) is 0 Å². The topological polar surface area (TPSA) is 48.7 Å². The number of hydrogen-bond donors (Lipinski definition) is 1. The van der Waals surface area contributed by atoms with Gasteiger partial charge in [0.05, 0.1) is 11.3 Å². The molecule has 0 aliphatic heterocycles. The third kappa shape index (κ3) is 2.63. The van der Waals surface area contributed by atoms with Gasteiger partial charge in [-0.2, -0.15) is 5.26 Å². The number of benzene rings is 1. The lowest BCUT2D eigenvalue weighted by molar-refractivity contribution is 0.584. The van der Waals surface area contributed by atoms with Gasteiger partial charge in [0.15, 0.2) is 5.82 Å². The Labute approximate surface area is 110 Å². The van der Waals surface area contributed by atoms with E-state index in [0.717, 1.165) is 12.1 Å². The Balaban J connectivity index is 2.31. The van der Waals surface area contributed by atoms with E-state index in [1.165, 1.54) is 12.3 Å². The molecule has 90 valence electrons. The molecule has 0 bridgehead atoms. The lowest BCUT2D eigenvalue weighted by atomic mass is 10.2. The van der Waals surface area contributed by atoms with Crippen LogP contribution >= 0.6 is 15.9 Å². The van der Waals surface area contributed by atoms with Gasteiger partial charge >= 0.3 is 0 Å². The predicted molar refractivity (Wildman–Crippen MR) is 66.3 cm³/mol. The second-order valence-electron chi connectivity index (χ2n) is 3.41. The monoisotopic (exact) mass is 309 g/mol. The van der Waals surface area contributed by atoms with Gasteiger partial charge in [-0.3, -0.25) is 0 Å². The average Bonchev–Trinajstić information content (AvgIpc) is 2.34. The summed E-state index contributed by atoms with van der Waals surface area (Å²) in [6, 6.07) is 6.93. The molecule has 0 aliphatic rings. The molecule has 0 saturated heterocycles. The highest BCUT2D eigenvalue weighted by Gasteiger charge is 2.10. The van der Waals surface area contributed by atoms with Gasteiger partial charge in [0.2, 0.25) is 0 Å². The number of hydrogen-bond acceptors (Lipinski definition) is 3. The van der Waals surface area contributed by atoms with Gasteiger partial charge in [0, 0.05) is 16.7 Å². The van der Waals surface area contributed by atoms with Gasteiger partial charge < -0.3 is 5.32 Å². The SMILES string of the molecule is N#Cc1ccc(Nc2c(F)cc(F)cc2Br)nc1. The molecule has 0 saturated carbocycles. The third-order valence-electron chi connectivity index (χ3n) is 2.15. The van der Waals surface area contributed by atoms with Crippen molar-refractivity contribution < 1.29 is 8.78 Å². The van der Waals surface area contributed by atoms with Crippen LogP contribution in [0.1, 0.15) is 5.56 Å². The standard InChI is InChI=1S/C12H6BrF2N3/c13-9-3-8(14)4-10(15)12(9)18-11-2-1-7(5-16)6-17-11/h1-4,6H,(H,17,18). The molecule has 0 radical (unpaired) electrons. The number of halogens is 3. The van der Waals surface area contributed by atoms with Crippen molar-refractivity contribution in [3.05, 3.63) is 52.1 Å². The Morgan fingerprint density at radius 3 is 2.61 bits per heavy atom. The summed E-state index contributed by atoms with van der Waals surface area (Å²) < 4.78 is 26.7. The molecule has 6 heteroatoms. The van der Waals surface area contributed by atoms with E-state index in [0.29, 0.717) is 11.4 Å². The number of aromatic nitrogens is 1. The second-order valence-corrected chi connectivity index (χ2v) is 4.27. The van der Waals surface area contributed by atoms with Crippen LogP contribution in [0.2, 0.25) is 0 Å². The van der Waals surface area contributed by atoms with Gasteiger partial charge in [-0.15, -0.1) is 0 Å². The highest BCUT2D eigenvalue weighted by atomic mass is 79.9. The Hall–Kier alpha value is -2.00. The van der Waals surface area contributed by atoms with Crippen molar-refractivity contribution >= 4 is 27.4 Å². The van der Waals surface area contributed by atoms with Crippen LogP contribution < -0.4 is 5.32 Å². The van der Waals surface area contributed by atoms with E-state index < -0.39 is 11.6 Å². The normalized spacial score (nSPS) is 9.89. The van der Waals surface area contributed by atoms with E-state index >= 15 is 0 Å². The van der Waals surface area contributed by atoms with Crippen molar-refractivity contribution in [1.82, 2.24) is 4.98 Å². The van der Waals surface area contributed by atoms with Crippen molar-refractivity contribution in [3.63, 3.8) is 0 Å². The van der Waals surface area contributed by atoms with Crippen molar-refractivity contribution in [2.75, 3.05) is 5.32 Å². The van der Waals surface area contributed by atoms with Gasteiger partial charge in [-0.25, -0.2) is 13.8 Å². The van der Waals surface area contributed by atoms with E-state index in [1.54, 1.807) is 6.07 Å². The highest BCUT2D eigenvalue weighted by Crippen LogP contribution is 2.29. The van der Waals surface area contributed by atoms with Crippen molar-refractivity contribution in [2.24, 2.45) is 0 Å². The molecule has 0 fully saturated rings. The molecular formula is C12H6BrF2N3. The van der Waals surface area contributed by atoms with E-state index in [1.807, 2.05) is 6.07 Å². The second kappa shape index (κ2) is 5.10. The van der Waals surface area contributed by atoms with Gasteiger partial charge in [0.1, 0.15) is 17.7 Å². The molecule has 1 aromatic heterocycles. The summed E-state index contributed by atoms with van der Waals surface area (Å²) >= 11 is 3.06. The molecular weight excluding hydrogens is 304 g/mol. The van der Waals surface area contributed by atoms with Crippen LogP contribution in [-0.4, -0.2) is 4.98 Å². The first-order valence-corrected chi connectivity index (χ1v) is 5.67. The van der Waals surface area contributed by atoms with Crippen LogP contribution in [0.3, 0.4) is 0 Å². The zero-order chi connectivity index (χ0) is 13.1. The maximum Gasteiger partial charge on any atom is 0.150 e. The maximum atomic E-state index is 13.5. The smallest absolute Gasteiger partial charge is 0.150 e. The number of nitriles is 1. The minimum atomic E-state index is -0.729. The molecule has 0 amide bonds. The fourth-order valence-electron chi connectivity index (χ4n) is 1.32. The summed E-state index contributed by atoms with van der Waals surface area (Å²) in [4.78, 5) is 3.93. The summed E-state index contributed by atoms with van der Waals surface area (Å²) in [6.45, 7) is 0. The minimum Gasteiger partial charge on any atom is -0.337 e. The molecule has 18 heavy (non-hydrogen) atoms. The minimum absolute atomic E-state index is 0.0913. The van der Waals surface area contributed by atoms with Crippen molar-refractivity contribution in [2.45, 2.75) is 0 Å². The molecule has 0 spiro atoms. The lowest BCUT2D eigenvalue weighted by Crippen LogP contribution is -1.98. The van der Waals surface area contributed by atoms with E-state index in [4.69, 9.17) is 5.26 Å². The Kier molecular flexibility index (Phi) is 3.53. The summed E-state index contributed by atoms with van der Waals surface area (Å²) in [5.41, 5.74) is 0.493. The third-order valence-corrected chi connectivity index (χ3v) is 2.78. The first-order valence-electron chi connectivity index (χ1n) is 4.88. The number of pyridine rings is 1. The summed E-state index contributed by atoms with van der Waals surface area (Å²) in [5.74, 6) is -1.04. The molecule has 0 aliphatic carbocycles. The first-order chi connectivity index (χ1) is 8.60. The summed E-state index contributed by atoms with van der Waals surface area (Å²) in [7, 11) is 0. The number of nitrogens with zero attached hydrogens (tertiary/aromatic N) is 2. The van der Waals surface area contributed by atoms with Crippen LogP contribution in [0.15, 0.2) is 34.9 Å². The van der Waals surface area contributed by atoms with Crippen molar-refractivity contribution in [3.8, 4) is 6.07 Å². The fourth-order valence-corrected chi connectivity index (χ4v) is 1.83. The maximum absolute atomic E-state index is 13.5. The molecule has 0 unspecified atom stereocenters. The Bertz CT molecular complexity index is 597. The molecule has 2 rings (SSSR count). The van der Waals surface area contributed by atoms with E-state index in [-0.39, 0.29) is 10.2 Å². The van der Waals surface area contributed by atoms with E-state index in [2.05, 4.69) is 26.2 Å². The highest BCUT2D eigenvalue weighted by molar-refractivity contribution is 9.10. The van der Waals surface area contributed by atoms with Crippen LogP contribution in [-0.2, 0) is 0 Å². The number of anilines is 2. The summed E-state index contributed by atoms with van der Waals surface area (Å²) in [6.07, 6.45) is 1.36. The molecule has 0 atom stereocenters. The quantitative estimate of drug-likeness (QED) is 0.919. The number of nitrogens with one attached hydrogen (secondary N) is 1. The zero-order valence-corrected chi connectivity index (χ0v) is 10.5. The van der Waals surface area contributed by atoms with Crippen LogP contribution in [0.4, 0.5) is 20.3 Å². The predicted octanol–water partition coefficient (Wildman–Crippen LogP) is 3.74. The molecule has 1 N–H and O–H groups in total. The Morgan fingerprint density at radius 1 is 1.28 bits per heavy atom.